The smallest absolute Gasteiger partial charge is 0.319 e. The van der Waals surface area contributed by atoms with Gasteiger partial charge in [0.2, 0.25) is 0 Å². The molecule has 1 unspecified atom stereocenters. The van der Waals surface area contributed by atoms with Crippen LogP contribution in [0.25, 0.3) is 0 Å². The maximum Gasteiger partial charge on any atom is 0.319 e. The second-order valence-corrected chi connectivity index (χ2v) is 5.72. The highest BCUT2D eigenvalue weighted by Crippen LogP contribution is 2.14. The van der Waals surface area contributed by atoms with Gasteiger partial charge in [0.15, 0.2) is 0 Å². The Morgan fingerprint density at radius 2 is 1.91 bits per heavy atom. The highest BCUT2D eigenvalue weighted by Gasteiger charge is 2.08. The lowest BCUT2D eigenvalue weighted by atomic mass is 10.1. The maximum atomic E-state index is 13.3. The monoisotopic (exact) mass is 316 g/mol. The number of carbonyl (C=O) groups excluding carboxylic acids is 1. The first kappa shape index (κ1) is 16.8. The molecule has 2 amide bonds. The molecule has 0 heterocycles. The topological polar surface area (TPSA) is 61.4 Å². The van der Waals surface area contributed by atoms with Crippen molar-refractivity contribution < 1.29 is 14.3 Å². The van der Waals surface area contributed by atoms with Crippen LogP contribution in [0, 0.1) is 12.7 Å². The molecule has 0 radical (unpaired) electrons. The first-order valence-corrected chi connectivity index (χ1v) is 7.55. The van der Waals surface area contributed by atoms with E-state index in [1.54, 1.807) is 25.1 Å². The summed E-state index contributed by atoms with van der Waals surface area (Å²) in [5.74, 6) is -0.134. The number of rotatable bonds is 5. The van der Waals surface area contributed by atoms with Gasteiger partial charge in [-0.15, -0.1) is 0 Å². The highest BCUT2D eigenvalue weighted by molar-refractivity contribution is 5.89. The van der Waals surface area contributed by atoms with E-state index in [1.165, 1.54) is 12.1 Å². The van der Waals surface area contributed by atoms with Gasteiger partial charge in [0.1, 0.15) is 11.6 Å². The first-order valence-electron chi connectivity index (χ1n) is 7.55. The van der Waals surface area contributed by atoms with E-state index in [4.69, 9.17) is 0 Å². The van der Waals surface area contributed by atoms with E-state index in [0.29, 0.717) is 5.69 Å². The predicted molar refractivity (Wildman–Crippen MR) is 89.2 cm³/mol. The van der Waals surface area contributed by atoms with Gasteiger partial charge >= 0.3 is 6.03 Å². The van der Waals surface area contributed by atoms with Crippen molar-refractivity contribution in [2.45, 2.75) is 32.7 Å². The number of phenolic OH excluding ortho intramolecular Hbond substituents is 1. The van der Waals surface area contributed by atoms with Gasteiger partial charge in [0.25, 0.3) is 0 Å². The van der Waals surface area contributed by atoms with E-state index in [2.05, 4.69) is 10.6 Å². The highest BCUT2D eigenvalue weighted by atomic mass is 19.1. The van der Waals surface area contributed by atoms with Crippen LogP contribution in [-0.4, -0.2) is 17.2 Å². The number of aryl methyl sites for hydroxylation is 2. The van der Waals surface area contributed by atoms with Crippen LogP contribution in [0.1, 0.15) is 24.5 Å². The molecule has 0 aromatic heterocycles. The number of benzene rings is 2. The van der Waals surface area contributed by atoms with Gasteiger partial charge < -0.3 is 15.7 Å². The summed E-state index contributed by atoms with van der Waals surface area (Å²) in [7, 11) is 0. The number of phenols is 1. The summed E-state index contributed by atoms with van der Waals surface area (Å²) in [6.07, 6.45) is 1.56. The van der Waals surface area contributed by atoms with Crippen molar-refractivity contribution in [3.63, 3.8) is 0 Å². The van der Waals surface area contributed by atoms with Gasteiger partial charge in [-0.05, 0) is 68.1 Å². The molecule has 5 heteroatoms. The molecule has 0 aliphatic rings. The Balaban J connectivity index is 1.81. The van der Waals surface area contributed by atoms with E-state index in [1.807, 2.05) is 19.1 Å². The molecule has 0 saturated heterocycles. The van der Waals surface area contributed by atoms with Crippen LogP contribution in [0.2, 0.25) is 0 Å². The van der Waals surface area contributed by atoms with E-state index in [9.17, 15) is 14.3 Å². The van der Waals surface area contributed by atoms with Crippen LogP contribution in [0.3, 0.4) is 0 Å². The molecule has 0 bridgehead atoms. The lowest BCUT2D eigenvalue weighted by Gasteiger charge is -2.15. The average molecular weight is 316 g/mol. The molecule has 23 heavy (non-hydrogen) atoms. The number of anilines is 1. The Hall–Kier alpha value is -2.56. The van der Waals surface area contributed by atoms with Crippen LogP contribution in [0.4, 0.5) is 14.9 Å². The molecular formula is C18H21FN2O2. The molecule has 122 valence electrons. The molecule has 3 N–H and O–H groups in total. The maximum absolute atomic E-state index is 13.3. The summed E-state index contributed by atoms with van der Waals surface area (Å²) < 4.78 is 13.3. The first-order chi connectivity index (χ1) is 10.9. The molecule has 0 fully saturated rings. The number of urea groups is 1. The molecule has 4 nitrogen and oxygen atoms in total. The molecule has 2 aromatic carbocycles. The number of hydrogen-bond donors (Lipinski definition) is 3. The van der Waals surface area contributed by atoms with Gasteiger partial charge in [-0.3, -0.25) is 0 Å². The summed E-state index contributed by atoms with van der Waals surface area (Å²) >= 11 is 0. The van der Waals surface area contributed by atoms with Crippen LogP contribution in [0.5, 0.6) is 5.75 Å². The lowest BCUT2D eigenvalue weighted by molar-refractivity contribution is 0.248. The summed E-state index contributed by atoms with van der Waals surface area (Å²) in [4.78, 5) is 11.9. The van der Waals surface area contributed by atoms with Crippen LogP contribution in [-0.2, 0) is 6.42 Å². The fourth-order valence-electron chi connectivity index (χ4n) is 2.32. The summed E-state index contributed by atoms with van der Waals surface area (Å²) in [5.41, 5.74) is 2.28. The minimum atomic E-state index is -0.374. The van der Waals surface area contributed by atoms with E-state index < -0.39 is 0 Å². The Morgan fingerprint density at radius 3 is 2.57 bits per heavy atom. The number of nitrogens with one attached hydrogen (secondary N) is 2. The molecular weight excluding hydrogens is 295 g/mol. The number of aromatic hydroxyl groups is 1. The Bertz CT molecular complexity index is 651. The minimum Gasteiger partial charge on any atom is -0.508 e. The zero-order valence-corrected chi connectivity index (χ0v) is 13.3. The van der Waals surface area contributed by atoms with Crippen molar-refractivity contribution in [2.24, 2.45) is 0 Å². The average Bonchev–Trinajstić information content (AvgIpc) is 2.45. The quantitative estimate of drug-likeness (QED) is 0.781. The van der Waals surface area contributed by atoms with Crippen molar-refractivity contribution in [1.82, 2.24) is 5.32 Å². The molecule has 0 aliphatic carbocycles. The molecule has 0 spiro atoms. The van der Waals surface area contributed by atoms with E-state index >= 15 is 0 Å². The Kier molecular flexibility index (Phi) is 5.57. The Labute approximate surface area is 135 Å². The van der Waals surface area contributed by atoms with Gasteiger partial charge in [0.05, 0.1) is 0 Å². The Morgan fingerprint density at radius 1 is 1.22 bits per heavy atom. The summed E-state index contributed by atoms with van der Waals surface area (Å²) in [6, 6.07) is 11.0. The minimum absolute atomic E-state index is 0.0292. The van der Waals surface area contributed by atoms with Crippen LogP contribution < -0.4 is 10.6 Å². The third-order valence-corrected chi connectivity index (χ3v) is 3.48. The summed E-state index contributed by atoms with van der Waals surface area (Å²) in [5, 5.41) is 14.7. The fraction of sp³-hybridized carbons (Fsp3) is 0.278. The molecule has 2 rings (SSSR count). The predicted octanol–water partition coefficient (Wildman–Crippen LogP) is 3.98. The molecule has 0 saturated carbocycles. The third-order valence-electron chi connectivity index (χ3n) is 3.48. The van der Waals surface area contributed by atoms with Gasteiger partial charge in [-0.2, -0.15) is 0 Å². The van der Waals surface area contributed by atoms with Crippen molar-refractivity contribution in [1.29, 1.82) is 0 Å². The van der Waals surface area contributed by atoms with Crippen molar-refractivity contribution in [3.05, 3.63) is 59.4 Å². The number of hydrogen-bond acceptors (Lipinski definition) is 2. The molecule has 1 atom stereocenters. The largest absolute Gasteiger partial charge is 0.508 e. The molecule has 2 aromatic rings. The second kappa shape index (κ2) is 7.63. The van der Waals surface area contributed by atoms with Crippen molar-refractivity contribution >= 4 is 11.7 Å². The normalized spacial score (nSPS) is 11.8. The van der Waals surface area contributed by atoms with E-state index in [-0.39, 0.29) is 23.6 Å². The van der Waals surface area contributed by atoms with Crippen molar-refractivity contribution in [3.8, 4) is 5.75 Å². The number of carbonyl (C=O) groups is 1. The number of halogens is 1. The SMILES string of the molecule is Cc1cc(F)cc(NC(=O)NC(C)CCc2ccc(O)cc2)c1. The number of amides is 2. The third kappa shape index (κ3) is 5.62. The zero-order valence-electron chi connectivity index (χ0n) is 13.3. The standard InChI is InChI=1S/C18H21FN2O2/c1-12-9-15(19)11-16(10-12)21-18(23)20-13(2)3-4-14-5-7-17(22)8-6-14/h5-11,13,22H,3-4H2,1-2H3,(H2,20,21,23). The van der Waals surface area contributed by atoms with Gasteiger partial charge in [-0.1, -0.05) is 12.1 Å². The van der Waals surface area contributed by atoms with Crippen LogP contribution in [0.15, 0.2) is 42.5 Å². The van der Waals surface area contributed by atoms with Gasteiger partial charge in [-0.25, -0.2) is 9.18 Å². The van der Waals surface area contributed by atoms with Crippen molar-refractivity contribution in [2.75, 3.05) is 5.32 Å². The zero-order chi connectivity index (χ0) is 16.8. The summed E-state index contributed by atoms with van der Waals surface area (Å²) in [6.45, 7) is 3.68. The van der Waals surface area contributed by atoms with Crippen LogP contribution >= 0.6 is 0 Å². The van der Waals surface area contributed by atoms with E-state index in [0.717, 1.165) is 24.0 Å². The van der Waals surface area contributed by atoms with Gasteiger partial charge in [0, 0.05) is 11.7 Å². The second-order valence-electron chi connectivity index (χ2n) is 5.72. The fourth-order valence-corrected chi connectivity index (χ4v) is 2.32. The molecule has 0 aliphatic heterocycles. The lowest BCUT2D eigenvalue weighted by Crippen LogP contribution is -2.36.